The minimum absolute atomic E-state index is 1.41. The van der Waals surface area contributed by atoms with Crippen LogP contribution < -0.4 is 3.58 Å². The molecule has 0 aliphatic rings. The van der Waals surface area contributed by atoms with Gasteiger partial charge in [-0.3, -0.25) is 0 Å². The maximum atomic E-state index is 9.93. The Morgan fingerprint density at radius 3 is 0.607 bits per heavy atom. The number of rotatable bonds is 0. The fourth-order valence-electron chi connectivity index (χ4n) is 0.438. The first kappa shape index (κ1) is 33.8. The molecule has 0 nitrogen and oxygen atoms in total. The molecule has 0 amide bonds. The Hall–Kier alpha value is 1.21. The van der Waals surface area contributed by atoms with Crippen LogP contribution in [0.4, 0.5) is 50.6 Å². The van der Waals surface area contributed by atoms with Crippen LogP contribution in [-0.2, 0) is 0 Å². The molecule has 0 unspecified atom stereocenters. The van der Waals surface area contributed by atoms with Gasteiger partial charge in [-0.1, -0.05) is 0 Å². The van der Waals surface area contributed by atoms with Crippen molar-refractivity contribution >= 4 is 84.5 Å². The summed E-state index contributed by atoms with van der Waals surface area (Å²) in [6.45, 7) is 0. The zero-order chi connectivity index (χ0) is 24.3. The molecule has 174 valence electrons. The number of halogens is 18. The van der Waals surface area contributed by atoms with Crippen LogP contribution in [0.3, 0.4) is 0 Å². The van der Waals surface area contributed by atoms with Crippen LogP contribution in [0.5, 0.6) is 0 Å². The van der Waals surface area contributed by atoms with Gasteiger partial charge in [-0.15, -0.1) is 0 Å². The van der Waals surface area contributed by atoms with Crippen LogP contribution in [-0.4, -0.2) is 81.0 Å². The van der Waals surface area contributed by atoms with Crippen molar-refractivity contribution in [2.75, 3.05) is 0 Å². The van der Waals surface area contributed by atoms with E-state index >= 15 is 0 Å². The van der Waals surface area contributed by atoms with Crippen molar-refractivity contribution in [3.05, 3.63) is 30.3 Å². The van der Waals surface area contributed by atoms with Gasteiger partial charge in [0, 0.05) is 0 Å². The quantitative estimate of drug-likeness (QED) is 0.197. The molecule has 0 bridgehead atoms. The van der Waals surface area contributed by atoms with Gasteiger partial charge in [-0.25, -0.2) is 0 Å². The Morgan fingerprint density at radius 1 is 0.393 bits per heavy atom. The van der Waals surface area contributed by atoms with E-state index in [0.717, 1.165) is 0 Å². The van der Waals surface area contributed by atoms with Crippen molar-refractivity contribution in [2.24, 2.45) is 0 Å². The molecule has 0 radical (unpaired) electrons. The third kappa shape index (κ3) is 220. The van der Waals surface area contributed by atoms with Gasteiger partial charge in [0.25, 0.3) is 0 Å². The topological polar surface area (TPSA) is 0 Å². The summed E-state index contributed by atoms with van der Waals surface area (Å²) in [5.74, 6) is 0. The van der Waals surface area contributed by atoms with Crippen molar-refractivity contribution in [3.8, 4) is 0 Å². The van der Waals surface area contributed by atoms with Crippen LogP contribution in [0.25, 0.3) is 0 Å². The van der Waals surface area contributed by atoms with Gasteiger partial charge in [-0.2, -0.15) is 0 Å². The minimum atomic E-state index is -11.2. The van der Waals surface area contributed by atoms with Crippen LogP contribution >= 0.6 is 0 Å². The van der Waals surface area contributed by atoms with E-state index in [1.54, 1.807) is 0 Å². The third-order valence-corrected chi connectivity index (χ3v) is 1.73. The van der Waals surface area contributed by atoms with Gasteiger partial charge in [0.1, 0.15) is 0 Å². The van der Waals surface area contributed by atoms with Crippen molar-refractivity contribution in [1.82, 2.24) is 0 Å². The first-order chi connectivity index (χ1) is 10.7. The Balaban J connectivity index is -0.000000298. The molecule has 0 saturated carbocycles. The van der Waals surface area contributed by atoms with Crippen LogP contribution in [0, 0.1) is 0 Å². The molecule has 22 heteroatoms. The molecular weight excluding hydrogens is 898 g/mol. The van der Waals surface area contributed by atoms with E-state index < -0.39 is 58.4 Å². The Bertz CT molecular complexity index is 528. The zero-order valence-electron chi connectivity index (χ0n) is 12.0. The molecule has 0 fully saturated rings. The molecule has 28 heavy (non-hydrogen) atoms. The molecule has 0 heterocycles. The van der Waals surface area contributed by atoms with E-state index in [-0.39, 0.29) is 0 Å². The standard InChI is InChI=1S/C6H5.18FH.3Sb.Sn/c1-2-4-6-5-3-1;;;;;;;;;;;;;;;;;;;;;;/h1-5H;18*1H;;;;/q;;;;;;;;;;;;;;;;;;;3*+5;+3/p-18. The Labute approximate surface area is 164 Å². The monoisotopic (exact) mass is 902 g/mol. The van der Waals surface area contributed by atoms with Crippen molar-refractivity contribution < 1.29 is 50.6 Å². The van der Waals surface area contributed by atoms with E-state index in [1.165, 1.54) is 26.1 Å². The summed E-state index contributed by atoms with van der Waals surface area (Å²) in [7, 11) is 0. The van der Waals surface area contributed by atoms with Gasteiger partial charge >= 0.3 is 165 Å². The average Bonchev–Trinajstić information content (AvgIpc) is 2.01. The molecule has 1 aromatic rings. The fraction of sp³-hybridized carbons (Fsp3) is 0. The van der Waals surface area contributed by atoms with Crippen molar-refractivity contribution in [3.63, 3.8) is 0 Å². The average molecular weight is 903 g/mol. The summed E-state index contributed by atoms with van der Waals surface area (Å²) < 4.78 is 180. The van der Waals surface area contributed by atoms with Crippen molar-refractivity contribution in [1.29, 1.82) is 0 Å². The summed E-state index contributed by atoms with van der Waals surface area (Å²) in [5.41, 5.74) is 0. The molecule has 1 rings (SSSR count). The van der Waals surface area contributed by atoms with Gasteiger partial charge in [0.2, 0.25) is 0 Å². The molecule has 0 aliphatic heterocycles. The molecule has 0 aliphatic carbocycles. The Morgan fingerprint density at radius 2 is 0.536 bits per heavy atom. The SMILES string of the molecule is [F][Sb-]([F])([F])([F])([F])[F].[F][Sb-]([F])([F])([F])([F])[F].[F][Sb-]([F])([F])([F])([F])[F].[Sn+3][c]1ccccc1. The summed E-state index contributed by atoms with van der Waals surface area (Å²) in [4.78, 5) is 0. The molecule has 0 spiro atoms. The maximum absolute atomic E-state index is 11.2. The van der Waals surface area contributed by atoms with E-state index in [4.69, 9.17) is 0 Å². The normalized spacial score (nSPS) is 19.6. The van der Waals surface area contributed by atoms with Gasteiger partial charge < -0.3 is 0 Å². The molecule has 0 aromatic heterocycles. The van der Waals surface area contributed by atoms with Crippen LogP contribution in [0.15, 0.2) is 30.3 Å². The Kier molecular flexibility index (Phi) is 8.59. The number of hydrogen-bond donors (Lipinski definition) is 0. The molecule has 0 atom stereocenters. The summed E-state index contributed by atoms with van der Waals surface area (Å²) in [5, 5.41) is 0. The summed E-state index contributed by atoms with van der Waals surface area (Å²) in [6.07, 6.45) is 0. The second kappa shape index (κ2) is 7.11. The molecular formula is C6H5F18Sb3Sn. The third-order valence-electron chi connectivity index (χ3n) is 0.774. The number of hydrogen-bond acceptors (Lipinski definition) is 0. The second-order valence-corrected chi connectivity index (χ2v) is 22.3. The molecule has 0 saturated heterocycles. The summed E-state index contributed by atoms with van der Waals surface area (Å²) >= 11 is -32.3. The first-order valence-electron chi connectivity index (χ1n) is 5.20. The molecule has 0 N–H and O–H groups in total. The van der Waals surface area contributed by atoms with Gasteiger partial charge in [0.05, 0.1) is 0 Å². The molecule has 1 aromatic carbocycles. The summed E-state index contributed by atoms with van der Waals surface area (Å²) in [6, 6.07) is 10.4. The van der Waals surface area contributed by atoms with Gasteiger partial charge in [-0.05, 0) is 0 Å². The first-order valence-corrected chi connectivity index (χ1v) is 24.0. The van der Waals surface area contributed by atoms with E-state index in [1.807, 2.05) is 6.07 Å². The van der Waals surface area contributed by atoms with Crippen LogP contribution in [0.1, 0.15) is 0 Å². The van der Waals surface area contributed by atoms with E-state index in [2.05, 4.69) is 24.3 Å². The van der Waals surface area contributed by atoms with E-state index in [0.29, 0.717) is 0 Å². The zero-order valence-corrected chi connectivity index (χ0v) is 22.5. The predicted molar refractivity (Wildman–Crippen MR) is 69.0 cm³/mol. The van der Waals surface area contributed by atoms with Crippen LogP contribution in [0.2, 0.25) is 0 Å². The van der Waals surface area contributed by atoms with Crippen molar-refractivity contribution in [2.45, 2.75) is 0 Å². The second-order valence-electron chi connectivity index (χ2n) is 4.24. The van der Waals surface area contributed by atoms with E-state index in [9.17, 15) is 50.6 Å². The van der Waals surface area contributed by atoms with Gasteiger partial charge in [0.15, 0.2) is 0 Å². The fourth-order valence-corrected chi connectivity index (χ4v) is 0.987. The predicted octanol–water partition coefficient (Wildman–Crippen LogP) is 6.90. The number of benzene rings is 1.